The third-order valence-electron chi connectivity index (χ3n) is 1.73. The van der Waals surface area contributed by atoms with E-state index in [0.717, 1.165) is 16.9 Å². The normalized spacial score (nSPS) is 21.6. The average Bonchev–Trinajstić information content (AvgIpc) is 1.97. The maximum absolute atomic E-state index is 5.67. The second-order valence-electron chi connectivity index (χ2n) is 2.56. The molecule has 0 N–H and O–H groups in total. The predicted octanol–water partition coefficient (Wildman–Crippen LogP) is 1.63. The molecule has 0 heterocycles. The lowest BCUT2D eigenvalue weighted by Crippen LogP contribution is -2.05. The minimum absolute atomic E-state index is 0.697. The van der Waals surface area contributed by atoms with Crippen LogP contribution in [0, 0.1) is 0 Å². The van der Waals surface area contributed by atoms with Crippen LogP contribution in [0.4, 0.5) is 0 Å². The highest BCUT2D eigenvalue weighted by molar-refractivity contribution is 6.41. The standard InChI is InChI=1S/C9H10BN/c1-6-4-8(10)9(11-3)5-7(6)2/h4-5H,1H2,2-3H3. The zero-order valence-corrected chi connectivity index (χ0v) is 6.89. The van der Waals surface area contributed by atoms with Crippen molar-refractivity contribution < 1.29 is 0 Å². The van der Waals surface area contributed by atoms with E-state index in [4.69, 9.17) is 7.85 Å². The Balaban J connectivity index is 3.08. The Morgan fingerprint density at radius 2 is 2.09 bits per heavy atom. The number of nitrogens with zero attached hydrogens (tertiary/aromatic N) is 1. The molecule has 0 saturated heterocycles. The summed E-state index contributed by atoms with van der Waals surface area (Å²) in [5, 5.41) is 0. The minimum Gasteiger partial charge on any atom is -0.289 e. The van der Waals surface area contributed by atoms with Crippen molar-refractivity contribution >= 4 is 13.6 Å². The Morgan fingerprint density at radius 3 is 2.64 bits per heavy atom. The number of hydrogen-bond donors (Lipinski definition) is 0. The predicted molar refractivity (Wildman–Crippen MR) is 50.1 cm³/mol. The summed E-state index contributed by atoms with van der Waals surface area (Å²) < 4.78 is 0. The zero-order chi connectivity index (χ0) is 8.43. The molecule has 2 heteroatoms. The lowest BCUT2D eigenvalue weighted by atomic mass is 9.83. The highest BCUT2D eigenvalue weighted by Crippen LogP contribution is 2.17. The summed E-state index contributed by atoms with van der Waals surface area (Å²) in [6.45, 7) is 5.83. The Kier molecular flexibility index (Phi) is 2.13. The van der Waals surface area contributed by atoms with Crippen molar-refractivity contribution in [1.82, 2.24) is 0 Å². The molecule has 0 fully saturated rings. The van der Waals surface area contributed by atoms with Crippen LogP contribution in [0.15, 0.2) is 40.3 Å². The number of aliphatic imine (C=N–C) groups is 1. The Labute approximate surface area is 68.6 Å². The highest BCUT2D eigenvalue weighted by Gasteiger charge is 2.06. The first-order chi connectivity index (χ1) is 5.15. The van der Waals surface area contributed by atoms with E-state index in [1.165, 1.54) is 0 Å². The van der Waals surface area contributed by atoms with Gasteiger partial charge in [-0.15, -0.1) is 0 Å². The molecule has 0 atom stereocenters. The SMILES string of the molecule is [B]C1=CC(=C)C(C)=CC1=NC. The van der Waals surface area contributed by atoms with E-state index in [1.807, 2.05) is 19.1 Å². The molecular formula is C9H10BN. The Bertz CT molecular complexity index is 282. The summed E-state index contributed by atoms with van der Waals surface area (Å²) in [5.41, 5.74) is 3.63. The summed E-state index contributed by atoms with van der Waals surface area (Å²) >= 11 is 0. The Hall–Kier alpha value is -1.05. The average molecular weight is 143 g/mol. The van der Waals surface area contributed by atoms with Crippen LogP contribution in [0.25, 0.3) is 0 Å². The van der Waals surface area contributed by atoms with E-state index in [1.54, 1.807) is 7.05 Å². The largest absolute Gasteiger partial charge is 0.289 e. The van der Waals surface area contributed by atoms with Gasteiger partial charge in [0, 0.05) is 7.05 Å². The molecule has 0 bridgehead atoms. The van der Waals surface area contributed by atoms with Crippen LogP contribution in [0.1, 0.15) is 6.92 Å². The molecule has 0 aromatic rings. The smallest absolute Gasteiger partial charge is 0.116 e. The van der Waals surface area contributed by atoms with Gasteiger partial charge in [-0.2, -0.15) is 0 Å². The number of rotatable bonds is 0. The van der Waals surface area contributed by atoms with Crippen molar-refractivity contribution in [2.75, 3.05) is 7.05 Å². The maximum atomic E-state index is 5.67. The van der Waals surface area contributed by atoms with Gasteiger partial charge in [0.1, 0.15) is 7.85 Å². The van der Waals surface area contributed by atoms with Crippen LogP contribution >= 0.6 is 0 Å². The first-order valence-electron chi connectivity index (χ1n) is 3.47. The van der Waals surface area contributed by atoms with Gasteiger partial charge in [0.2, 0.25) is 0 Å². The summed E-state index contributed by atoms with van der Waals surface area (Å²) in [5.74, 6) is 0. The highest BCUT2D eigenvalue weighted by atomic mass is 14.7. The first kappa shape index (κ1) is 8.06. The van der Waals surface area contributed by atoms with Crippen LogP contribution in [0.5, 0.6) is 0 Å². The molecule has 54 valence electrons. The van der Waals surface area contributed by atoms with Crippen molar-refractivity contribution in [3.05, 3.63) is 35.3 Å². The molecule has 2 radical (unpaired) electrons. The van der Waals surface area contributed by atoms with E-state index in [-0.39, 0.29) is 0 Å². The summed E-state index contributed by atoms with van der Waals surface area (Å²) in [7, 11) is 7.40. The van der Waals surface area contributed by atoms with Crippen LogP contribution in [-0.2, 0) is 0 Å². The summed E-state index contributed by atoms with van der Waals surface area (Å²) in [6, 6.07) is 0. The molecule has 0 aromatic carbocycles. The second kappa shape index (κ2) is 2.91. The molecular weight excluding hydrogens is 133 g/mol. The molecule has 1 rings (SSSR count). The fourth-order valence-corrected chi connectivity index (χ4v) is 0.950. The van der Waals surface area contributed by atoms with Gasteiger partial charge < -0.3 is 0 Å². The fourth-order valence-electron chi connectivity index (χ4n) is 0.950. The van der Waals surface area contributed by atoms with Gasteiger partial charge >= 0.3 is 0 Å². The van der Waals surface area contributed by atoms with E-state index in [9.17, 15) is 0 Å². The third-order valence-corrected chi connectivity index (χ3v) is 1.73. The van der Waals surface area contributed by atoms with Gasteiger partial charge in [-0.1, -0.05) is 18.1 Å². The molecule has 11 heavy (non-hydrogen) atoms. The van der Waals surface area contributed by atoms with Gasteiger partial charge in [0.15, 0.2) is 0 Å². The van der Waals surface area contributed by atoms with Gasteiger partial charge in [-0.25, -0.2) is 0 Å². The topological polar surface area (TPSA) is 12.4 Å². The molecule has 0 unspecified atom stereocenters. The Morgan fingerprint density at radius 1 is 1.45 bits per heavy atom. The second-order valence-corrected chi connectivity index (χ2v) is 2.56. The molecule has 0 spiro atoms. The van der Waals surface area contributed by atoms with E-state index < -0.39 is 0 Å². The van der Waals surface area contributed by atoms with Crippen molar-refractivity contribution in [2.24, 2.45) is 4.99 Å². The molecule has 1 aliphatic rings. The molecule has 0 aromatic heterocycles. The molecule has 1 aliphatic carbocycles. The number of hydrogen-bond acceptors (Lipinski definition) is 1. The number of allylic oxidation sites excluding steroid dienone is 5. The summed E-state index contributed by atoms with van der Waals surface area (Å²) in [4.78, 5) is 4.02. The maximum Gasteiger partial charge on any atom is 0.116 e. The molecule has 1 nitrogen and oxygen atoms in total. The van der Waals surface area contributed by atoms with Crippen LogP contribution in [0.2, 0.25) is 0 Å². The third kappa shape index (κ3) is 1.51. The molecule has 0 aliphatic heterocycles. The van der Waals surface area contributed by atoms with Crippen LogP contribution in [0.3, 0.4) is 0 Å². The molecule has 0 amide bonds. The van der Waals surface area contributed by atoms with E-state index in [0.29, 0.717) is 5.47 Å². The van der Waals surface area contributed by atoms with Gasteiger partial charge in [-0.3, -0.25) is 4.99 Å². The zero-order valence-electron chi connectivity index (χ0n) is 6.89. The van der Waals surface area contributed by atoms with E-state index >= 15 is 0 Å². The minimum atomic E-state index is 0.697. The summed E-state index contributed by atoms with van der Waals surface area (Å²) in [6.07, 6.45) is 3.79. The monoisotopic (exact) mass is 143 g/mol. The molecule has 0 saturated carbocycles. The lowest BCUT2D eigenvalue weighted by Gasteiger charge is -2.11. The van der Waals surface area contributed by atoms with Gasteiger partial charge in [0.25, 0.3) is 0 Å². The van der Waals surface area contributed by atoms with Crippen LogP contribution < -0.4 is 0 Å². The van der Waals surface area contributed by atoms with Crippen molar-refractivity contribution in [3.63, 3.8) is 0 Å². The lowest BCUT2D eigenvalue weighted by molar-refractivity contribution is 1.39. The van der Waals surface area contributed by atoms with Crippen molar-refractivity contribution in [2.45, 2.75) is 6.92 Å². The fraction of sp³-hybridized carbons (Fsp3) is 0.222. The van der Waals surface area contributed by atoms with Crippen molar-refractivity contribution in [1.29, 1.82) is 0 Å². The quantitative estimate of drug-likeness (QED) is 0.457. The van der Waals surface area contributed by atoms with Crippen LogP contribution in [-0.4, -0.2) is 20.6 Å². The van der Waals surface area contributed by atoms with Gasteiger partial charge in [0.05, 0.1) is 5.71 Å². The van der Waals surface area contributed by atoms with E-state index in [2.05, 4.69) is 11.6 Å². The first-order valence-corrected chi connectivity index (χ1v) is 3.47. The van der Waals surface area contributed by atoms with Gasteiger partial charge in [-0.05, 0) is 24.1 Å². The van der Waals surface area contributed by atoms with Crippen molar-refractivity contribution in [3.8, 4) is 0 Å².